The maximum Gasteiger partial charge on any atom is 0.292 e. The van der Waals surface area contributed by atoms with Crippen molar-refractivity contribution in [3.05, 3.63) is 63.7 Å². The molecule has 0 spiro atoms. The van der Waals surface area contributed by atoms with E-state index in [-0.39, 0.29) is 11.6 Å². The van der Waals surface area contributed by atoms with E-state index in [2.05, 4.69) is 10.6 Å². The highest BCUT2D eigenvalue weighted by atomic mass is 16.6. The fourth-order valence-electron chi connectivity index (χ4n) is 2.96. The average Bonchev–Trinajstić information content (AvgIpc) is 2.61. The van der Waals surface area contributed by atoms with Crippen LogP contribution in [-0.4, -0.2) is 29.3 Å². The van der Waals surface area contributed by atoms with Crippen LogP contribution in [0.5, 0.6) is 0 Å². The molecule has 1 amide bonds. The fraction of sp³-hybridized carbons (Fsp3) is 0.235. The van der Waals surface area contributed by atoms with Crippen molar-refractivity contribution in [2.75, 3.05) is 24.2 Å². The number of hydrogen-bond acceptors (Lipinski definition) is 5. The standard InChI is InChI=1S/C17H18N4O3/c1-3-20-16(19-13-7-5-4-6-12(13)17(20)22)11-8-9-14(18-2)15(10-11)21(23)24/h4-10,16,18-19H,3H2,1-2H3/t16-/m0/s1. The first kappa shape index (κ1) is 15.8. The second kappa shape index (κ2) is 6.19. The first-order valence-electron chi connectivity index (χ1n) is 7.69. The molecule has 0 radical (unpaired) electrons. The van der Waals surface area contributed by atoms with Crippen LogP contribution in [0.1, 0.15) is 29.0 Å². The molecule has 0 unspecified atom stereocenters. The van der Waals surface area contributed by atoms with Crippen LogP contribution in [0.4, 0.5) is 17.1 Å². The van der Waals surface area contributed by atoms with E-state index in [1.165, 1.54) is 6.07 Å². The molecule has 0 aromatic heterocycles. The van der Waals surface area contributed by atoms with Crippen LogP contribution >= 0.6 is 0 Å². The van der Waals surface area contributed by atoms with E-state index in [4.69, 9.17) is 0 Å². The number of hydrogen-bond donors (Lipinski definition) is 2. The van der Waals surface area contributed by atoms with E-state index in [0.29, 0.717) is 23.4 Å². The number of rotatable bonds is 4. The summed E-state index contributed by atoms with van der Waals surface area (Å²) in [6.45, 7) is 2.38. The molecule has 24 heavy (non-hydrogen) atoms. The summed E-state index contributed by atoms with van der Waals surface area (Å²) in [4.78, 5) is 25.2. The van der Waals surface area contributed by atoms with Crippen molar-refractivity contribution in [2.45, 2.75) is 13.1 Å². The van der Waals surface area contributed by atoms with Gasteiger partial charge in [0.2, 0.25) is 0 Å². The predicted octanol–water partition coefficient (Wildman–Crippen LogP) is 3.22. The van der Waals surface area contributed by atoms with Crippen molar-refractivity contribution in [2.24, 2.45) is 0 Å². The Morgan fingerprint density at radius 3 is 2.71 bits per heavy atom. The average molecular weight is 326 g/mol. The molecule has 3 rings (SSSR count). The molecule has 7 heteroatoms. The maximum absolute atomic E-state index is 12.7. The third-order valence-electron chi connectivity index (χ3n) is 4.17. The topological polar surface area (TPSA) is 87.5 Å². The lowest BCUT2D eigenvalue weighted by Crippen LogP contribution is -2.42. The fourth-order valence-corrected chi connectivity index (χ4v) is 2.96. The van der Waals surface area contributed by atoms with Crippen molar-refractivity contribution >= 4 is 23.0 Å². The first-order valence-corrected chi connectivity index (χ1v) is 7.69. The summed E-state index contributed by atoms with van der Waals surface area (Å²) in [6.07, 6.45) is -0.443. The summed E-state index contributed by atoms with van der Waals surface area (Å²) in [5, 5.41) is 17.4. The molecular formula is C17H18N4O3. The van der Waals surface area contributed by atoms with Gasteiger partial charge in [0.1, 0.15) is 11.9 Å². The normalized spacial score (nSPS) is 16.3. The molecule has 2 N–H and O–H groups in total. The number of anilines is 2. The van der Waals surface area contributed by atoms with Gasteiger partial charge < -0.3 is 15.5 Å². The molecule has 2 aromatic rings. The summed E-state index contributed by atoms with van der Waals surface area (Å²) in [5.41, 5.74) is 2.44. The van der Waals surface area contributed by atoms with E-state index in [9.17, 15) is 14.9 Å². The molecule has 0 fully saturated rings. The largest absolute Gasteiger partial charge is 0.383 e. The van der Waals surface area contributed by atoms with Gasteiger partial charge in [0.15, 0.2) is 0 Å². The summed E-state index contributed by atoms with van der Waals surface area (Å²) in [5.74, 6) is -0.0859. The second-order valence-electron chi connectivity index (χ2n) is 5.47. The number of amides is 1. The third-order valence-corrected chi connectivity index (χ3v) is 4.17. The lowest BCUT2D eigenvalue weighted by Gasteiger charge is -2.37. The van der Waals surface area contributed by atoms with Crippen molar-refractivity contribution in [3.8, 4) is 0 Å². The number of fused-ring (bicyclic) bond motifs is 1. The van der Waals surface area contributed by atoms with E-state index < -0.39 is 11.1 Å². The SMILES string of the molecule is CCN1C(=O)c2ccccc2N[C@@H]1c1ccc(NC)c([N+](=O)[O-])c1. The number of benzene rings is 2. The van der Waals surface area contributed by atoms with Gasteiger partial charge in [0.05, 0.1) is 10.5 Å². The minimum atomic E-state index is -0.443. The predicted molar refractivity (Wildman–Crippen MR) is 92.2 cm³/mol. The van der Waals surface area contributed by atoms with Gasteiger partial charge in [0.25, 0.3) is 11.6 Å². The van der Waals surface area contributed by atoms with Crippen LogP contribution < -0.4 is 10.6 Å². The number of carbonyl (C=O) groups excluding carboxylic acids is 1. The summed E-state index contributed by atoms with van der Waals surface area (Å²) in [6, 6.07) is 12.2. The molecule has 1 atom stereocenters. The Labute approximate surface area is 139 Å². The lowest BCUT2D eigenvalue weighted by atomic mass is 10.0. The van der Waals surface area contributed by atoms with Crippen LogP contribution in [0, 0.1) is 10.1 Å². The summed E-state index contributed by atoms with van der Waals surface area (Å²) in [7, 11) is 1.64. The number of nitro groups is 1. The molecule has 0 saturated heterocycles. The number of nitrogens with zero attached hydrogens (tertiary/aromatic N) is 2. The molecule has 0 bridgehead atoms. The Hall–Kier alpha value is -3.09. The van der Waals surface area contributed by atoms with Gasteiger partial charge in [-0.25, -0.2) is 0 Å². The molecule has 124 valence electrons. The molecule has 1 aliphatic heterocycles. The highest BCUT2D eigenvalue weighted by Gasteiger charge is 2.32. The van der Waals surface area contributed by atoms with E-state index in [1.54, 1.807) is 30.1 Å². The highest BCUT2D eigenvalue weighted by Crippen LogP contribution is 2.35. The van der Waals surface area contributed by atoms with Crippen LogP contribution in [0.25, 0.3) is 0 Å². The van der Waals surface area contributed by atoms with Crippen LogP contribution in [0.15, 0.2) is 42.5 Å². The molecule has 0 aliphatic carbocycles. The van der Waals surface area contributed by atoms with Crippen molar-refractivity contribution in [1.82, 2.24) is 4.90 Å². The molecule has 7 nitrogen and oxygen atoms in total. The summed E-state index contributed by atoms with van der Waals surface area (Å²) >= 11 is 0. The van der Waals surface area contributed by atoms with Gasteiger partial charge in [-0.3, -0.25) is 14.9 Å². The molecular weight excluding hydrogens is 308 g/mol. The molecule has 2 aromatic carbocycles. The van der Waals surface area contributed by atoms with E-state index in [0.717, 1.165) is 5.69 Å². The Kier molecular flexibility index (Phi) is 4.07. The van der Waals surface area contributed by atoms with Crippen molar-refractivity contribution in [1.29, 1.82) is 0 Å². The zero-order valence-electron chi connectivity index (χ0n) is 13.4. The lowest BCUT2D eigenvalue weighted by molar-refractivity contribution is -0.384. The van der Waals surface area contributed by atoms with Gasteiger partial charge >= 0.3 is 0 Å². The van der Waals surface area contributed by atoms with Gasteiger partial charge in [-0.15, -0.1) is 0 Å². The molecule has 0 saturated carbocycles. The van der Waals surface area contributed by atoms with E-state index >= 15 is 0 Å². The van der Waals surface area contributed by atoms with Crippen molar-refractivity contribution in [3.63, 3.8) is 0 Å². The minimum Gasteiger partial charge on any atom is -0.383 e. The third kappa shape index (κ3) is 2.54. The zero-order valence-corrected chi connectivity index (χ0v) is 13.4. The zero-order chi connectivity index (χ0) is 17.3. The quantitative estimate of drug-likeness (QED) is 0.665. The Bertz CT molecular complexity index is 806. The second-order valence-corrected chi connectivity index (χ2v) is 5.47. The van der Waals surface area contributed by atoms with Gasteiger partial charge in [-0.2, -0.15) is 0 Å². The Morgan fingerprint density at radius 2 is 2.04 bits per heavy atom. The molecule has 1 aliphatic rings. The van der Waals surface area contributed by atoms with Crippen LogP contribution in [0.2, 0.25) is 0 Å². The van der Waals surface area contributed by atoms with Crippen LogP contribution in [-0.2, 0) is 0 Å². The minimum absolute atomic E-state index is 0.0147. The van der Waals surface area contributed by atoms with Gasteiger partial charge in [0, 0.05) is 30.9 Å². The Balaban J connectivity index is 2.07. The smallest absolute Gasteiger partial charge is 0.292 e. The number of nitro benzene ring substituents is 1. The number of carbonyl (C=O) groups is 1. The van der Waals surface area contributed by atoms with E-state index in [1.807, 2.05) is 25.1 Å². The maximum atomic E-state index is 12.7. The monoisotopic (exact) mass is 326 g/mol. The number of nitrogens with one attached hydrogen (secondary N) is 2. The van der Waals surface area contributed by atoms with Gasteiger partial charge in [-0.1, -0.05) is 18.2 Å². The Morgan fingerprint density at radius 1 is 1.29 bits per heavy atom. The number of para-hydroxylation sites is 1. The van der Waals surface area contributed by atoms with Crippen molar-refractivity contribution < 1.29 is 9.72 Å². The van der Waals surface area contributed by atoms with Crippen LogP contribution in [0.3, 0.4) is 0 Å². The first-order chi connectivity index (χ1) is 11.6. The highest BCUT2D eigenvalue weighted by molar-refractivity contribution is 6.01. The molecule has 1 heterocycles. The van der Waals surface area contributed by atoms with Gasteiger partial charge in [-0.05, 0) is 25.1 Å². The summed E-state index contributed by atoms with van der Waals surface area (Å²) < 4.78 is 0.